The molecular formula is C14H26N2O3. The first-order chi connectivity index (χ1) is 8.93. The normalized spacial score (nSPS) is 16.2. The summed E-state index contributed by atoms with van der Waals surface area (Å²) < 4.78 is 0. The zero-order chi connectivity index (χ0) is 14.4. The lowest BCUT2D eigenvalue weighted by Gasteiger charge is -2.29. The van der Waals surface area contributed by atoms with Gasteiger partial charge in [-0.1, -0.05) is 19.8 Å². The van der Waals surface area contributed by atoms with Gasteiger partial charge in [0.25, 0.3) is 0 Å². The number of carbonyl (C=O) groups is 2. The summed E-state index contributed by atoms with van der Waals surface area (Å²) in [6, 6.07) is 0.0904. The molecule has 0 saturated heterocycles. The van der Waals surface area contributed by atoms with Crippen LogP contribution in [0.4, 0.5) is 4.79 Å². The molecule has 1 fully saturated rings. The van der Waals surface area contributed by atoms with Crippen LogP contribution in [0.2, 0.25) is 0 Å². The molecule has 110 valence electrons. The third kappa shape index (κ3) is 5.94. The summed E-state index contributed by atoms with van der Waals surface area (Å²) >= 11 is 0. The number of nitrogens with one attached hydrogen (secondary N) is 1. The van der Waals surface area contributed by atoms with Crippen LogP contribution in [0.5, 0.6) is 0 Å². The number of nitrogens with zero attached hydrogens (tertiary/aromatic N) is 1. The average Bonchev–Trinajstić information content (AvgIpc) is 3.11. The van der Waals surface area contributed by atoms with Gasteiger partial charge >= 0.3 is 12.0 Å². The van der Waals surface area contributed by atoms with Crippen molar-refractivity contribution in [1.29, 1.82) is 0 Å². The highest BCUT2D eigenvalue weighted by atomic mass is 16.4. The molecule has 5 nitrogen and oxygen atoms in total. The maximum absolute atomic E-state index is 12.2. The van der Waals surface area contributed by atoms with Gasteiger partial charge in [0.2, 0.25) is 0 Å². The summed E-state index contributed by atoms with van der Waals surface area (Å²) in [4.78, 5) is 24.4. The van der Waals surface area contributed by atoms with Crippen molar-refractivity contribution < 1.29 is 14.7 Å². The number of rotatable bonds is 8. The summed E-state index contributed by atoms with van der Waals surface area (Å²) in [5.41, 5.74) is 0. The third-order valence-corrected chi connectivity index (χ3v) is 3.59. The smallest absolute Gasteiger partial charge is 0.317 e. The third-order valence-electron chi connectivity index (χ3n) is 3.59. The van der Waals surface area contributed by atoms with E-state index < -0.39 is 5.97 Å². The van der Waals surface area contributed by atoms with Gasteiger partial charge in [-0.15, -0.1) is 0 Å². The first-order valence-corrected chi connectivity index (χ1v) is 7.23. The Kier molecular flexibility index (Phi) is 6.12. The highest BCUT2D eigenvalue weighted by Gasteiger charge is 2.27. The Hall–Kier alpha value is -1.26. The Morgan fingerprint density at radius 1 is 1.37 bits per heavy atom. The minimum atomic E-state index is -0.872. The molecule has 19 heavy (non-hydrogen) atoms. The second-order valence-electron chi connectivity index (χ2n) is 5.66. The van der Waals surface area contributed by atoms with Crippen LogP contribution in [0.25, 0.3) is 0 Å². The van der Waals surface area contributed by atoms with Crippen molar-refractivity contribution >= 4 is 12.0 Å². The molecule has 0 spiro atoms. The quantitative estimate of drug-likeness (QED) is 0.712. The van der Waals surface area contributed by atoms with Crippen LogP contribution in [0.15, 0.2) is 0 Å². The zero-order valence-electron chi connectivity index (χ0n) is 12.2. The molecule has 0 aliphatic heterocycles. The Morgan fingerprint density at radius 3 is 2.42 bits per heavy atom. The number of amides is 2. The Bertz CT molecular complexity index is 314. The SMILES string of the molecule is CCC(CC1CC1)NC(=O)N(CCC(=O)O)C(C)C. The fraction of sp³-hybridized carbons (Fsp3) is 0.857. The lowest BCUT2D eigenvalue weighted by Crippen LogP contribution is -2.48. The predicted molar refractivity (Wildman–Crippen MR) is 74.0 cm³/mol. The number of aliphatic carboxylic acids is 1. The maximum atomic E-state index is 12.2. The molecule has 2 amide bonds. The second kappa shape index (κ2) is 7.36. The van der Waals surface area contributed by atoms with Crippen LogP contribution in [-0.4, -0.2) is 40.6 Å². The van der Waals surface area contributed by atoms with Gasteiger partial charge in [0.15, 0.2) is 0 Å². The van der Waals surface area contributed by atoms with Gasteiger partial charge in [-0.2, -0.15) is 0 Å². The van der Waals surface area contributed by atoms with Gasteiger partial charge in [0.1, 0.15) is 0 Å². The Balaban J connectivity index is 2.46. The molecule has 1 unspecified atom stereocenters. The number of hydrogen-bond donors (Lipinski definition) is 2. The van der Waals surface area contributed by atoms with Crippen molar-refractivity contribution in [1.82, 2.24) is 10.2 Å². The van der Waals surface area contributed by atoms with Crippen molar-refractivity contribution in [2.24, 2.45) is 5.92 Å². The lowest BCUT2D eigenvalue weighted by molar-refractivity contribution is -0.137. The topological polar surface area (TPSA) is 69.6 Å². The molecule has 1 rings (SSSR count). The molecule has 0 radical (unpaired) electrons. The van der Waals surface area contributed by atoms with Crippen LogP contribution >= 0.6 is 0 Å². The second-order valence-corrected chi connectivity index (χ2v) is 5.66. The van der Waals surface area contributed by atoms with E-state index in [1.807, 2.05) is 13.8 Å². The van der Waals surface area contributed by atoms with Crippen LogP contribution in [0, 0.1) is 5.92 Å². The predicted octanol–water partition coefficient (Wildman–Crippen LogP) is 2.46. The van der Waals surface area contributed by atoms with Gasteiger partial charge in [0, 0.05) is 18.6 Å². The highest BCUT2D eigenvalue weighted by molar-refractivity contribution is 5.75. The molecule has 0 aromatic carbocycles. The lowest BCUT2D eigenvalue weighted by atomic mass is 10.1. The molecule has 0 bridgehead atoms. The Morgan fingerprint density at radius 2 is 2.00 bits per heavy atom. The van der Waals surface area contributed by atoms with E-state index in [9.17, 15) is 9.59 Å². The summed E-state index contributed by atoms with van der Waals surface area (Å²) in [5.74, 6) is -0.0970. The molecule has 1 atom stereocenters. The molecule has 5 heteroatoms. The van der Waals surface area contributed by atoms with Crippen LogP contribution in [0.1, 0.15) is 52.9 Å². The number of carboxylic acid groups (broad SMARTS) is 1. The summed E-state index contributed by atoms with van der Waals surface area (Å²) in [6.07, 6.45) is 4.52. The summed E-state index contributed by atoms with van der Waals surface area (Å²) in [6.45, 7) is 6.15. The highest BCUT2D eigenvalue weighted by Crippen LogP contribution is 2.34. The van der Waals surface area contributed by atoms with Gasteiger partial charge in [0.05, 0.1) is 6.42 Å². The van der Waals surface area contributed by atoms with E-state index in [1.54, 1.807) is 4.90 Å². The fourth-order valence-electron chi connectivity index (χ4n) is 2.15. The van der Waals surface area contributed by atoms with Crippen LogP contribution < -0.4 is 5.32 Å². The van der Waals surface area contributed by atoms with Crippen molar-refractivity contribution in [3.05, 3.63) is 0 Å². The molecule has 1 aliphatic rings. The number of carboxylic acids is 1. The van der Waals surface area contributed by atoms with Gasteiger partial charge in [-0.3, -0.25) is 4.79 Å². The minimum Gasteiger partial charge on any atom is -0.481 e. The maximum Gasteiger partial charge on any atom is 0.317 e. The Labute approximate surface area is 115 Å². The monoisotopic (exact) mass is 270 g/mol. The molecule has 0 aromatic heterocycles. The van der Waals surface area contributed by atoms with E-state index in [2.05, 4.69) is 12.2 Å². The number of hydrogen-bond acceptors (Lipinski definition) is 2. The minimum absolute atomic E-state index is 0.00891. The molecule has 0 heterocycles. The standard InChI is InChI=1S/C14H26N2O3/c1-4-12(9-11-5-6-11)15-14(19)16(10(2)3)8-7-13(17)18/h10-12H,4-9H2,1-3H3,(H,15,19)(H,17,18). The number of urea groups is 1. The van der Waals surface area contributed by atoms with Gasteiger partial charge in [-0.05, 0) is 32.6 Å². The largest absolute Gasteiger partial charge is 0.481 e. The average molecular weight is 270 g/mol. The van der Waals surface area contributed by atoms with Crippen molar-refractivity contribution in [3.63, 3.8) is 0 Å². The molecule has 1 aliphatic carbocycles. The fourth-order valence-corrected chi connectivity index (χ4v) is 2.15. The first kappa shape index (κ1) is 15.8. The van der Waals surface area contributed by atoms with Crippen molar-refractivity contribution in [2.75, 3.05) is 6.54 Å². The summed E-state index contributed by atoms with van der Waals surface area (Å²) in [5, 5.41) is 11.8. The van der Waals surface area contributed by atoms with Crippen molar-refractivity contribution in [2.45, 2.75) is 65.0 Å². The first-order valence-electron chi connectivity index (χ1n) is 7.23. The van der Waals surface area contributed by atoms with Crippen LogP contribution in [0.3, 0.4) is 0 Å². The van der Waals surface area contributed by atoms with Crippen molar-refractivity contribution in [3.8, 4) is 0 Å². The van der Waals surface area contributed by atoms with E-state index in [0.29, 0.717) is 0 Å². The van der Waals surface area contributed by atoms with E-state index in [4.69, 9.17) is 5.11 Å². The van der Waals surface area contributed by atoms with E-state index in [1.165, 1.54) is 12.8 Å². The molecular weight excluding hydrogens is 244 g/mol. The van der Waals surface area contributed by atoms with E-state index in [0.717, 1.165) is 18.8 Å². The zero-order valence-corrected chi connectivity index (χ0v) is 12.2. The van der Waals surface area contributed by atoms with Gasteiger partial charge in [-0.25, -0.2) is 4.79 Å². The van der Waals surface area contributed by atoms with Crippen LogP contribution in [-0.2, 0) is 4.79 Å². The number of carbonyl (C=O) groups excluding carboxylic acids is 1. The van der Waals surface area contributed by atoms with Gasteiger partial charge < -0.3 is 15.3 Å². The molecule has 1 saturated carbocycles. The van der Waals surface area contributed by atoms with E-state index in [-0.39, 0.29) is 31.1 Å². The van der Waals surface area contributed by atoms with E-state index >= 15 is 0 Å². The molecule has 0 aromatic rings. The molecule has 2 N–H and O–H groups in total. The summed E-state index contributed by atoms with van der Waals surface area (Å²) in [7, 11) is 0.